The number of ether oxygens (including phenoxy) is 2. The van der Waals surface area contributed by atoms with E-state index in [0.717, 1.165) is 35.8 Å². The molecule has 1 aliphatic carbocycles. The van der Waals surface area contributed by atoms with Gasteiger partial charge < -0.3 is 9.47 Å². The van der Waals surface area contributed by atoms with Crippen LogP contribution in [-0.4, -0.2) is 36.6 Å². The van der Waals surface area contributed by atoms with Crippen molar-refractivity contribution in [1.29, 1.82) is 0 Å². The summed E-state index contributed by atoms with van der Waals surface area (Å²) >= 11 is 6.50. The number of hydrogen-bond acceptors (Lipinski definition) is 4. The summed E-state index contributed by atoms with van der Waals surface area (Å²) in [7, 11) is -3.71. The van der Waals surface area contributed by atoms with Crippen molar-refractivity contribution in [1.82, 2.24) is 3.97 Å². The van der Waals surface area contributed by atoms with Crippen LogP contribution >= 0.6 is 11.6 Å². The van der Waals surface area contributed by atoms with Gasteiger partial charge in [0.25, 0.3) is 0 Å². The lowest BCUT2D eigenvalue weighted by Crippen LogP contribution is -2.39. The van der Waals surface area contributed by atoms with Crippen LogP contribution in [0.15, 0.2) is 53.2 Å². The molecule has 1 aromatic heterocycles. The molecule has 0 spiro atoms. The highest BCUT2D eigenvalue weighted by Gasteiger charge is 2.41. The van der Waals surface area contributed by atoms with Gasteiger partial charge in [-0.15, -0.1) is 0 Å². The van der Waals surface area contributed by atoms with E-state index in [2.05, 4.69) is 0 Å². The second-order valence-corrected chi connectivity index (χ2v) is 10.7. The maximum absolute atomic E-state index is 13.6. The molecule has 1 aliphatic heterocycles. The molecule has 0 radical (unpaired) electrons. The number of rotatable bonds is 5. The topological polar surface area (TPSA) is 57.5 Å². The molecule has 0 N–H and O–H groups in total. The Morgan fingerprint density at radius 3 is 2.86 bits per heavy atom. The Labute approximate surface area is 177 Å². The minimum atomic E-state index is -3.71. The highest BCUT2D eigenvalue weighted by molar-refractivity contribution is 7.91. The molecule has 2 aromatic rings. The number of nitrogens with zero attached hydrogens (tertiary/aromatic N) is 1. The van der Waals surface area contributed by atoms with Crippen LogP contribution in [0.4, 0.5) is 0 Å². The van der Waals surface area contributed by atoms with Gasteiger partial charge in [0.15, 0.2) is 6.29 Å². The van der Waals surface area contributed by atoms with Crippen LogP contribution in [0, 0.1) is 6.92 Å². The van der Waals surface area contributed by atoms with Crippen LogP contribution in [0.25, 0.3) is 10.9 Å². The van der Waals surface area contributed by atoms with Gasteiger partial charge in [0.2, 0.25) is 10.0 Å². The summed E-state index contributed by atoms with van der Waals surface area (Å²) in [5.74, 6) is 0. The van der Waals surface area contributed by atoms with E-state index in [0.29, 0.717) is 30.2 Å². The number of benzene rings is 1. The van der Waals surface area contributed by atoms with E-state index in [-0.39, 0.29) is 6.29 Å². The molecule has 29 heavy (non-hydrogen) atoms. The van der Waals surface area contributed by atoms with Gasteiger partial charge >= 0.3 is 0 Å². The molecule has 5 nitrogen and oxygen atoms in total. The lowest BCUT2D eigenvalue weighted by Gasteiger charge is -2.30. The van der Waals surface area contributed by atoms with E-state index >= 15 is 0 Å². The molecule has 2 atom stereocenters. The third-order valence-electron chi connectivity index (χ3n) is 5.78. The van der Waals surface area contributed by atoms with Crippen molar-refractivity contribution >= 4 is 32.5 Å². The van der Waals surface area contributed by atoms with Gasteiger partial charge in [0, 0.05) is 23.2 Å². The van der Waals surface area contributed by atoms with Crippen LogP contribution in [0.1, 0.15) is 38.2 Å². The van der Waals surface area contributed by atoms with E-state index in [1.807, 2.05) is 37.3 Å². The first-order chi connectivity index (χ1) is 13.8. The van der Waals surface area contributed by atoms with Crippen molar-refractivity contribution in [2.24, 2.45) is 0 Å². The fraction of sp³-hybridized carbons (Fsp3) is 0.455. The Hall–Kier alpha value is -1.60. The highest BCUT2D eigenvalue weighted by Crippen LogP contribution is 2.37. The number of para-hydroxylation sites is 1. The summed E-state index contributed by atoms with van der Waals surface area (Å²) in [4.78, 5) is 0. The minimum Gasteiger partial charge on any atom is -0.353 e. The third kappa shape index (κ3) is 3.79. The van der Waals surface area contributed by atoms with Gasteiger partial charge in [0.05, 0.1) is 12.1 Å². The van der Waals surface area contributed by atoms with Gasteiger partial charge in [0.1, 0.15) is 4.75 Å². The first kappa shape index (κ1) is 20.7. The highest BCUT2D eigenvalue weighted by atomic mass is 35.5. The molecule has 1 fully saturated rings. The zero-order valence-electron chi connectivity index (χ0n) is 16.7. The van der Waals surface area contributed by atoms with Crippen LogP contribution in [0.5, 0.6) is 0 Å². The molecular formula is C22H26ClNO4S. The Morgan fingerprint density at radius 1 is 1.31 bits per heavy atom. The van der Waals surface area contributed by atoms with Crippen molar-refractivity contribution < 1.29 is 17.9 Å². The normalized spacial score (nSPS) is 25.7. The second kappa shape index (κ2) is 7.91. The zero-order valence-corrected chi connectivity index (χ0v) is 18.3. The Bertz CT molecular complexity index is 1080. The fourth-order valence-electron chi connectivity index (χ4n) is 3.94. The predicted molar refractivity (Wildman–Crippen MR) is 116 cm³/mol. The predicted octanol–water partition coefficient (Wildman–Crippen LogP) is 4.88. The average molecular weight is 436 g/mol. The maximum Gasteiger partial charge on any atom is 0.248 e. The van der Waals surface area contributed by atoms with Gasteiger partial charge in [-0.3, -0.25) is 0 Å². The lowest BCUT2D eigenvalue weighted by molar-refractivity contribution is -0.156. The van der Waals surface area contributed by atoms with E-state index < -0.39 is 14.8 Å². The Morgan fingerprint density at radius 2 is 2.14 bits per heavy atom. The summed E-state index contributed by atoms with van der Waals surface area (Å²) in [5.41, 5.74) is 2.44. The van der Waals surface area contributed by atoms with E-state index in [1.54, 1.807) is 19.2 Å². The zero-order chi connectivity index (χ0) is 20.6. The minimum absolute atomic E-state index is 0.208. The molecule has 2 heterocycles. The van der Waals surface area contributed by atoms with Crippen molar-refractivity contribution in [2.75, 3.05) is 13.2 Å². The number of aromatic nitrogens is 1. The van der Waals surface area contributed by atoms with Crippen molar-refractivity contribution in [2.45, 2.75) is 50.6 Å². The standard InChI is InChI=1S/C22H26ClNO4S/c1-16-6-5-7-17-10-12-24(21(16)17)29(25,26)22(2)11-9-18(19(23)14-22)15-28-20-8-3-4-13-27-20/h5-7,9-10,12,14,20H,3-4,8,11,13,15H2,1-2H3. The van der Waals surface area contributed by atoms with Gasteiger partial charge in [-0.1, -0.05) is 35.9 Å². The monoisotopic (exact) mass is 435 g/mol. The third-order valence-corrected chi connectivity index (χ3v) is 8.42. The molecule has 156 valence electrons. The van der Waals surface area contributed by atoms with E-state index in [4.69, 9.17) is 21.1 Å². The maximum atomic E-state index is 13.6. The van der Waals surface area contributed by atoms with Gasteiger partial charge in [-0.25, -0.2) is 12.4 Å². The molecule has 2 unspecified atom stereocenters. The number of aryl methyl sites for hydroxylation is 1. The quantitative estimate of drug-likeness (QED) is 0.671. The second-order valence-electron chi connectivity index (χ2n) is 7.97. The number of allylic oxidation sites excluding steroid dienone is 1. The first-order valence-corrected chi connectivity index (χ1v) is 11.8. The van der Waals surface area contributed by atoms with Crippen molar-refractivity contribution in [3.63, 3.8) is 0 Å². The van der Waals surface area contributed by atoms with Crippen molar-refractivity contribution in [3.05, 3.63) is 58.8 Å². The van der Waals surface area contributed by atoms with Crippen LogP contribution in [0.3, 0.4) is 0 Å². The molecule has 1 saturated heterocycles. The molecule has 7 heteroatoms. The smallest absolute Gasteiger partial charge is 0.248 e. The molecule has 1 aromatic carbocycles. The lowest BCUT2D eigenvalue weighted by atomic mass is 9.97. The summed E-state index contributed by atoms with van der Waals surface area (Å²) in [6.45, 7) is 4.67. The molecule has 0 saturated carbocycles. The van der Waals surface area contributed by atoms with E-state index in [9.17, 15) is 8.42 Å². The molecule has 2 aliphatic rings. The van der Waals surface area contributed by atoms with Crippen LogP contribution in [-0.2, 0) is 19.5 Å². The summed E-state index contributed by atoms with van der Waals surface area (Å²) in [5, 5.41) is 1.33. The summed E-state index contributed by atoms with van der Waals surface area (Å²) in [6.07, 6.45) is 8.31. The number of fused-ring (bicyclic) bond motifs is 1. The molecule has 4 rings (SSSR count). The SMILES string of the molecule is Cc1cccc2ccn(S(=O)(=O)C3(C)C=C(Cl)C(COC4CCCCO4)=CC3)c12. The molecule has 0 bridgehead atoms. The number of hydrogen-bond donors (Lipinski definition) is 0. The largest absolute Gasteiger partial charge is 0.353 e. The van der Waals surface area contributed by atoms with Gasteiger partial charge in [-0.05, 0) is 62.8 Å². The average Bonchev–Trinajstić information content (AvgIpc) is 3.14. The van der Waals surface area contributed by atoms with E-state index in [1.165, 1.54) is 3.97 Å². The molecular weight excluding hydrogens is 410 g/mol. The summed E-state index contributed by atoms with van der Waals surface area (Å²) < 4.78 is 38.8. The fourth-order valence-corrected chi connectivity index (χ4v) is 6.10. The van der Waals surface area contributed by atoms with Crippen LogP contribution in [0.2, 0.25) is 0 Å². The van der Waals surface area contributed by atoms with Crippen molar-refractivity contribution in [3.8, 4) is 0 Å². The Kier molecular flexibility index (Phi) is 5.64. The number of halogens is 1. The summed E-state index contributed by atoms with van der Waals surface area (Å²) in [6, 6.07) is 7.60. The van der Waals surface area contributed by atoms with Crippen LogP contribution < -0.4 is 0 Å². The molecule has 0 amide bonds. The first-order valence-electron chi connectivity index (χ1n) is 9.95. The van der Waals surface area contributed by atoms with Gasteiger partial charge in [-0.2, -0.15) is 0 Å². The Balaban J connectivity index is 1.58.